The number of carboxylic acids is 2. The van der Waals surface area contributed by atoms with Crippen LogP contribution >= 0.6 is 0 Å². The first-order valence-corrected chi connectivity index (χ1v) is 41.3. The summed E-state index contributed by atoms with van der Waals surface area (Å²) in [6, 6.07) is -6.66. The molecule has 15 atom stereocenters. The third-order valence-electron chi connectivity index (χ3n) is 22.5. The summed E-state index contributed by atoms with van der Waals surface area (Å²) in [5, 5.41) is 57.3. The van der Waals surface area contributed by atoms with Gasteiger partial charge in [0.05, 0.1) is 6.04 Å². The SMILES string of the molecule is CC(C)C[C@H](NC(=O)[C@@H]1CCC(=O)N1)C(=O)N[C@@H](CCC(N)=O)C(=O)N1CCC[C@H]1C(=O)N[C@@H](Cc1ccccc1)C(=O)N1CCC[C@H]1C(=O)N[C@@H](CCC(N)=O)C(=O)N1C[C@H](N=[N+]=[N-])C[C@H]1C(=O)N[C@@H](CCC(=O)O)C(=O)N[C@@H](CC(C)C)C(=O)N1CCC[C@H]1C(=O)N[C@@H](Cc1ccc(O)cc1)C(=O)N1CCC[C@H]1C(=O)N[C@@H](CCC(N)=O)C(=O)O. The number of carbonyl (C=O) groups is 19. The molecular formula is C80H112N20O22. The van der Waals surface area contributed by atoms with Gasteiger partial charge in [0.15, 0.2) is 0 Å². The van der Waals surface area contributed by atoms with Crippen molar-refractivity contribution in [2.45, 2.75) is 266 Å². The van der Waals surface area contributed by atoms with Gasteiger partial charge in [-0.05, 0) is 143 Å². The molecule has 6 saturated heterocycles. The van der Waals surface area contributed by atoms with Crippen LogP contribution in [-0.2, 0) is 104 Å². The molecule has 2 aromatic rings. The Kier molecular flexibility index (Phi) is 34.8. The van der Waals surface area contributed by atoms with Crippen molar-refractivity contribution in [3.8, 4) is 5.75 Å². The van der Waals surface area contributed by atoms with Crippen LogP contribution in [0.4, 0.5) is 0 Å². The van der Waals surface area contributed by atoms with E-state index >= 15 is 14.4 Å². The number of nitrogens with two attached hydrogens (primary N) is 3. The molecule has 42 nitrogen and oxygen atoms in total. The van der Waals surface area contributed by atoms with Crippen molar-refractivity contribution in [2.24, 2.45) is 34.2 Å². The van der Waals surface area contributed by atoms with Gasteiger partial charge in [-0.1, -0.05) is 75.3 Å². The number of aromatic hydroxyl groups is 1. The highest BCUT2D eigenvalue weighted by Gasteiger charge is 2.49. The van der Waals surface area contributed by atoms with Crippen LogP contribution in [0.3, 0.4) is 0 Å². The van der Waals surface area contributed by atoms with Crippen LogP contribution in [0.1, 0.15) is 174 Å². The van der Waals surface area contributed by atoms with E-state index in [0.717, 1.165) is 4.90 Å². The van der Waals surface area contributed by atoms with Crippen LogP contribution < -0.4 is 65.1 Å². The minimum atomic E-state index is -1.79. The van der Waals surface area contributed by atoms with E-state index < -0.39 is 236 Å². The number of phenolic OH excluding ortho intramolecular Hbond substituents is 1. The lowest BCUT2D eigenvalue weighted by Crippen LogP contribution is -2.61. The summed E-state index contributed by atoms with van der Waals surface area (Å²) in [6.07, 6.45) is -3.01. The average molecular weight is 1710 g/mol. The predicted molar refractivity (Wildman–Crippen MR) is 429 cm³/mol. The summed E-state index contributed by atoms with van der Waals surface area (Å²) in [4.78, 5) is 271. The van der Waals surface area contributed by atoms with Crippen molar-refractivity contribution in [1.82, 2.24) is 72.4 Å². The summed E-state index contributed by atoms with van der Waals surface area (Å²) >= 11 is 0. The lowest BCUT2D eigenvalue weighted by molar-refractivity contribution is -0.146. The van der Waals surface area contributed by atoms with Crippen LogP contribution in [0, 0.1) is 11.8 Å². The molecule has 0 unspecified atom stereocenters. The molecule has 122 heavy (non-hydrogen) atoms. The third kappa shape index (κ3) is 26.7. The lowest BCUT2D eigenvalue weighted by Gasteiger charge is -2.33. The van der Waals surface area contributed by atoms with Crippen molar-refractivity contribution in [3.63, 3.8) is 0 Å². The van der Waals surface area contributed by atoms with E-state index in [-0.39, 0.29) is 159 Å². The number of carboxylic acid groups (broad SMARTS) is 2. The molecule has 0 aliphatic carbocycles. The highest BCUT2D eigenvalue weighted by atomic mass is 16.4. The molecule has 6 aliphatic rings. The van der Waals surface area contributed by atoms with Crippen LogP contribution in [0.25, 0.3) is 10.4 Å². The van der Waals surface area contributed by atoms with E-state index in [2.05, 4.69) is 57.9 Å². The van der Waals surface area contributed by atoms with E-state index in [1.807, 2.05) is 0 Å². The molecule has 0 bridgehead atoms. The standard InChI is InChI=1S/C80H112N20O22/c1-42(2)36-53(90-67(108)48-25-30-65(105)85-48)69(110)87-50(22-27-62(81)102)75(116)96-32-8-16-59(96)72(113)92-55(38-44-12-6-5-7-13-44)78(119)98-34-9-14-57(98)70(111)88-51(23-28-63(82)103)76(117)100-41-46(94-95-84)40-61(100)74(115)86-49(26-31-66(106)107)68(109)91-54(37-43(3)4)77(118)97-33-11-17-60(97)73(114)93-56(39-45-18-20-47(101)21-19-45)79(120)99-35-10-15-58(99)71(112)89-52(80(121)122)24-29-64(83)104/h5-7,12-13,18-21,42-43,46,48-61,101H,8-11,14-17,22-41H2,1-4H3,(H2,81,102)(H2,82,103)(H2,83,104)(H,85,105)(H,86,115)(H,87,110)(H,88,111)(H,89,112)(H,90,108)(H,91,109)(H,92,113)(H,93,114)(H,106,107)(H,121,122)/t46-,48+,49+,50+,51+,52+,53+,54+,55+,56+,57+,58+,59+,60+,61+/m1/s1. The van der Waals surface area contributed by atoms with Gasteiger partial charge in [-0.2, -0.15) is 0 Å². The summed E-state index contributed by atoms with van der Waals surface area (Å²) < 4.78 is 0. The summed E-state index contributed by atoms with van der Waals surface area (Å²) in [7, 11) is 0. The van der Waals surface area contributed by atoms with Gasteiger partial charge in [-0.25, -0.2) is 4.79 Å². The minimum Gasteiger partial charge on any atom is -0.508 e. The number of azide groups is 1. The van der Waals surface area contributed by atoms with Crippen LogP contribution in [0.5, 0.6) is 5.75 Å². The second-order valence-corrected chi connectivity index (χ2v) is 32.6. The third-order valence-corrected chi connectivity index (χ3v) is 22.5. The van der Waals surface area contributed by atoms with Crippen molar-refractivity contribution < 1.29 is 106 Å². The van der Waals surface area contributed by atoms with E-state index in [0.29, 0.717) is 17.5 Å². The lowest BCUT2D eigenvalue weighted by atomic mass is 10.0. The summed E-state index contributed by atoms with van der Waals surface area (Å²) in [5.41, 5.74) is 27.1. The van der Waals surface area contributed by atoms with Gasteiger partial charge >= 0.3 is 11.9 Å². The molecule has 0 radical (unpaired) electrons. The van der Waals surface area contributed by atoms with Crippen molar-refractivity contribution in [3.05, 3.63) is 76.2 Å². The Hall–Kier alpha value is -12.5. The number of hydrogen-bond donors (Lipinski definition) is 15. The topological polar surface area (TPSA) is 636 Å². The van der Waals surface area contributed by atoms with Crippen LogP contribution in [0.2, 0.25) is 0 Å². The fraction of sp³-hybridized carbons (Fsp3) is 0.613. The first-order chi connectivity index (χ1) is 57.9. The number of amides is 17. The highest BCUT2D eigenvalue weighted by molar-refractivity contribution is 6.02. The molecular weight excluding hydrogens is 1590 g/mol. The molecule has 6 heterocycles. The molecule has 17 amide bonds. The number of primary amides is 3. The fourth-order valence-electron chi connectivity index (χ4n) is 16.3. The van der Waals surface area contributed by atoms with Gasteiger partial charge in [-0.15, -0.1) is 0 Å². The highest BCUT2D eigenvalue weighted by Crippen LogP contribution is 2.29. The quantitative estimate of drug-likeness (QED) is 0.0184. The summed E-state index contributed by atoms with van der Waals surface area (Å²) in [6.45, 7) is 6.44. The minimum absolute atomic E-state index is 0.00630. The van der Waals surface area contributed by atoms with Crippen molar-refractivity contribution in [2.75, 3.05) is 32.7 Å². The van der Waals surface area contributed by atoms with Crippen molar-refractivity contribution in [1.29, 1.82) is 0 Å². The number of nitrogens with zero attached hydrogens (tertiary/aromatic N) is 8. The predicted octanol–water partition coefficient (Wildman–Crippen LogP) is -2.58. The number of benzene rings is 2. The van der Waals surface area contributed by atoms with Gasteiger partial charge in [0.25, 0.3) is 0 Å². The maximum Gasteiger partial charge on any atom is 0.326 e. The average Bonchev–Trinajstić information content (AvgIpc) is 1.74. The summed E-state index contributed by atoms with van der Waals surface area (Å²) in [5.74, 6) is -17.5. The fourth-order valence-corrected chi connectivity index (χ4v) is 16.3. The Morgan fingerprint density at radius 1 is 0.451 bits per heavy atom. The molecule has 0 saturated carbocycles. The molecule has 6 fully saturated rings. The van der Waals surface area contributed by atoms with Crippen LogP contribution in [-0.4, -0.2) is 276 Å². The first kappa shape index (κ1) is 95.0. The number of aliphatic carboxylic acids is 2. The van der Waals surface area contributed by atoms with E-state index in [9.17, 15) is 97.6 Å². The largest absolute Gasteiger partial charge is 0.508 e. The van der Waals surface area contributed by atoms with E-state index in [4.69, 9.17) is 17.2 Å². The Morgan fingerprint density at radius 2 is 0.820 bits per heavy atom. The Bertz CT molecular complexity index is 4280. The van der Waals surface area contributed by atoms with Gasteiger partial charge in [0, 0.05) is 82.6 Å². The monoisotopic (exact) mass is 1700 g/mol. The van der Waals surface area contributed by atoms with E-state index in [1.165, 1.54) is 43.9 Å². The number of hydrogen-bond acceptors (Lipinski definition) is 21. The maximum atomic E-state index is 15.2. The molecule has 18 N–H and O–H groups in total. The Balaban J connectivity index is 0.975. The smallest absolute Gasteiger partial charge is 0.326 e. The van der Waals surface area contributed by atoms with E-state index in [1.54, 1.807) is 58.0 Å². The normalized spacial score (nSPS) is 21.2. The van der Waals surface area contributed by atoms with Gasteiger partial charge in [0.1, 0.15) is 90.3 Å². The zero-order chi connectivity index (χ0) is 89.3. The van der Waals surface area contributed by atoms with Crippen molar-refractivity contribution >= 4 is 112 Å². The Labute approximate surface area is 703 Å². The second-order valence-electron chi connectivity index (χ2n) is 32.6. The van der Waals surface area contributed by atoms with Gasteiger partial charge < -0.3 is 105 Å². The number of carbonyl (C=O) groups excluding carboxylic acids is 17. The Morgan fingerprint density at radius 3 is 1.25 bits per heavy atom. The van der Waals surface area contributed by atoms with Crippen LogP contribution in [0.15, 0.2) is 59.7 Å². The molecule has 0 aromatic heterocycles. The zero-order valence-electron chi connectivity index (χ0n) is 68.7. The maximum absolute atomic E-state index is 15.2. The number of likely N-dealkylation sites (tertiary alicyclic amines) is 5. The number of rotatable bonds is 43. The molecule has 42 heteroatoms. The molecule has 2 aromatic carbocycles. The molecule has 8 rings (SSSR count). The molecule has 6 aliphatic heterocycles. The zero-order valence-corrected chi connectivity index (χ0v) is 68.7. The molecule has 0 spiro atoms. The number of nitrogens with one attached hydrogen (secondary N) is 9. The molecule has 664 valence electrons. The van der Waals surface area contributed by atoms with Gasteiger partial charge in [-0.3, -0.25) is 86.3 Å². The van der Waals surface area contributed by atoms with Gasteiger partial charge in [0.2, 0.25) is 100 Å². The first-order valence-electron chi connectivity index (χ1n) is 41.3. The second kappa shape index (κ2) is 44.7. The number of phenols is 1.